The molecule has 124 valence electrons. The Morgan fingerprint density at radius 2 is 2.00 bits per heavy atom. The van der Waals surface area contributed by atoms with Gasteiger partial charge in [-0.25, -0.2) is 0 Å². The molecular formula is C18H35NO2. The van der Waals surface area contributed by atoms with Crippen molar-refractivity contribution in [2.75, 3.05) is 26.4 Å². The molecule has 0 aromatic heterocycles. The van der Waals surface area contributed by atoms with Crippen molar-refractivity contribution >= 4 is 0 Å². The van der Waals surface area contributed by atoms with Crippen LogP contribution in [0.1, 0.15) is 65.7 Å². The molecule has 1 N–H and O–H groups in total. The smallest absolute Gasteiger partial charge is 0.0838 e. The minimum Gasteiger partial charge on any atom is -0.381 e. The number of hydrogen-bond donors (Lipinski definition) is 1. The van der Waals surface area contributed by atoms with Gasteiger partial charge in [-0.2, -0.15) is 0 Å². The molecule has 0 aromatic rings. The first-order valence-corrected chi connectivity index (χ1v) is 9.17. The molecule has 0 bridgehead atoms. The standard InChI is InChI=1S/C18H35NO2/c1-4-12-19-17(16-7-6-13-20-14-16)18(21-5-2)10-8-15(3)9-11-18/h15-17,19H,4-14H2,1-3H3. The van der Waals surface area contributed by atoms with Crippen LogP contribution in [0.2, 0.25) is 0 Å². The molecule has 2 unspecified atom stereocenters. The van der Waals surface area contributed by atoms with Crippen molar-refractivity contribution in [3.63, 3.8) is 0 Å². The van der Waals surface area contributed by atoms with Crippen LogP contribution in [-0.2, 0) is 9.47 Å². The maximum absolute atomic E-state index is 6.41. The van der Waals surface area contributed by atoms with E-state index in [1.807, 2.05) is 0 Å². The largest absolute Gasteiger partial charge is 0.381 e. The van der Waals surface area contributed by atoms with Crippen molar-refractivity contribution in [1.82, 2.24) is 5.32 Å². The molecule has 2 atom stereocenters. The molecule has 1 saturated carbocycles. The van der Waals surface area contributed by atoms with Crippen molar-refractivity contribution in [2.24, 2.45) is 11.8 Å². The first kappa shape index (κ1) is 17.2. The Hall–Kier alpha value is -0.120. The fraction of sp³-hybridized carbons (Fsp3) is 1.00. The van der Waals surface area contributed by atoms with Gasteiger partial charge in [-0.3, -0.25) is 0 Å². The summed E-state index contributed by atoms with van der Waals surface area (Å²) in [6.45, 7) is 10.5. The van der Waals surface area contributed by atoms with Gasteiger partial charge in [0, 0.05) is 25.2 Å². The lowest BCUT2D eigenvalue weighted by molar-refractivity contribution is -0.121. The van der Waals surface area contributed by atoms with Gasteiger partial charge in [-0.1, -0.05) is 13.8 Å². The van der Waals surface area contributed by atoms with Crippen LogP contribution < -0.4 is 5.32 Å². The molecule has 1 aliphatic carbocycles. The second-order valence-corrected chi connectivity index (χ2v) is 7.09. The van der Waals surface area contributed by atoms with Crippen LogP contribution in [0, 0.1) is 11.8 Å². The zero-order valence-corrected chi connectivity index (χ0v) is 14.3. The lowest BCUT2D eigenvalue weighted by atomic mass is 9.70. The molecule has 2 fully saturated rings. The molecule has 1 heterocycles. The molecule has 1 aliphatic heterocycles. The van der Waals surface area contributed by atoms with Crippen molar-refractivity contribution in [3.8, 4) is 0 Å². The van der Waals surface area contributed by atoms with Crippen LogP contribution in [0.25, 0.3) is 0 Å². The summed E-state index contributed by atoms with van der Waals surface area (Å²) in [6.07, 6.45) is 8.69. The van der Waals surface area contributed by atoms with Gasteiger partial charge in [-0.15, -0.1) is 0 Å². The molecular weight excluding hydrogens is 262 g/mol. The minimum atomic E-state index is 0.0434. The predicted octanol–water partition coefficient (Wildman–Crippen LogP) is 3.77. The maximum Gasteiger partial charge on any atom is 0.0838 e. The first-order chi connectivity index (χ1) is 10.2. The highest BCUT2D eigenvalue weighted by Crippen LogP contribution is 2.41. The van der Waals surface area contributed by atoms with E-state index in [1.165, 1.54) is 44.9 Å². The molecule has 0 amide bonds. The Balaban J connectivity index is 2.12. The molecule has 1 saturated heterocycles. The molecule has 0 spiro atoms. The van der Waals surface area contributed by atoms with Crippen molar-refractivity contribution in [2.45, 2.75) is 77.4 Å². The van der Waals surface area contributed by atoms with Crippen LogP contribution >= 0.6 is 0 Å². The van der Waals surface area contributed by atoms with Crippen LogP contribution in [0.15, 0.2) is 0 Å². The van der Waals surface area contributed by atoms with Crippen LogP contribution in [-0.4, -0.2) is 38.0 Å². The highest BCUT2D eigenvalue weighted by atomic mass is 16.5. The number of hydrogen-bond acceptors (Lipinski definition) is 3. The number of nitrogens with one attached hydrogen (secondary N) is 1. The fourth-order valence-corrected chi connectivity index (χ4v) is 4.19. The molecule has 21 heavy (non-hydrogen) atoms. The predicted molar refractivity (Wildman–Crippen MR) is 87.6 cm³/mol. The second-order valence-electron chi connectivity index (χ2n) is 7.09. The number of rotatable bonds is 7. The monoisotopic (exact) mass is 297 g/mol. The Labute approximate surface area is 131 Å². The summed E-state index contributed by atoms with van der Waals surface area (Å²) >= 11 is 0. The summed E-state index contributed by atoms with van der Waals surface area (Å²) in [5, 5.41) is 3.84. The normalized spacial score (nSPS) is 35.6. The molecule has 2 aliphatic rings. The van der Waals surface area contributed by atoms with Crippen LogP contribution in [0.4, 0.5) is 0 Å². The van der Waals surface area contributed by atoms with Gasteiger partial charge in [-0.05, 0) is 64.3 Å². The summed E-state index contributed by atoms with van der Waals surface area (Å²) in [4.78, 5) is 0. The maximum atomic E-state index is 6.41. The fourth-order valence-electron chi connectivity index (χ4n) is 4.19. The van der Waals surface area contributed by atoms with E-state index in [9.17, 15) is 0 Å². The van der Waals surface area contributed by atoms with E-state index in [4.69, 9.17) is 9.47 Å². The average molecular weight is 297 g/mol. The third-order valence-electron chi connectivity index (χ3n) is 5.40. The lowest BCUT2D eigenvalue weighted by Gasteiger charge is -2.48. The zero-order chi connectivity index (χ0) is 15.1. The van der Waals surface area contributed by atoms with Gasteiger partial charge in [0.1, 0.15) is 0 Å². The lowest BCUT2D eigenvalue weighted by Crippen LogP contribution is -2.59. The van der Waals surface area contributed by atoms with Gasteiger partial charge in [0.05, 0.1) is 12.2 Å². The van der Waals surface area contributed by atoms with Gasteiger partial charge < -0.3 is 14.8 Å². The third kappa shape index (κ3) is 4.43. The van der Waals surface area contributed by atoms with E-state index in [0.717, 1.165) is 32.3 Å². The molecule has 3 nitrogen and oxygen atoms in total. The number of ether oxygens (including phenoxy) is 2. The summed E-state index contributed by atoms with van der Waals surface area (Å²) in [7, 11) is 0. The summed E-state index contributed by atoms with van der Waals surface area (Å²) in [6, 6.07) is 0.463. The first-order valence-electron chi connectivity index (χ1n) is 9.17. The van der Waals surface area contributed by atoms with Gasteiger partial charge in [0.2, 0.25) is 0 Å². The molecule has 0 radical (unpaired) electrons. The second kappa shape index (κ2) is 8.50. The topological polar surface area (TPSA) is 30.5 Å². The van der Waals surface area contributed by atoms with Gasteiger partial charge >= 0.3 is 0 Å². The minimum absolute atomic E-state index is 0.0434. The van der Waals surface area contributed by atoms with E-state index in [1.54, 1.807) is 0 Å². The Bertz CT molecular complexity index is 281. The summed E-state index contributed by atoms with van der Waals surface area (Å²) in [5.41, 5.74) is 0.0434. The van der Waals surface area contributed by atoms with E-state index < -0.39 is 0 Å². The highest BCUT2D eigenvalue weighted by molar-refractivity contribution is 5.00. The SMILES string of the molecule is CCCNC(C1CCCOC1)C1(OCC)CCC(C)CC1. The Kier molecular flexibility index (Phi) is 6.97. The Morgan fingerprint density at radius 1 is 1.24 bits per heavy atom. The van der Waals surface area contributed by atoms with E-state index in [0.29, 0.717) is 12.0 Å². The quantitative estimate of drug-likeness (QED) is 0.776. The van der Waals surface area contributed by atoms with Crippen LogP contribution in [0.3, 0.4) is 0 Å². The Morgan fingerprint density at radius 3 is 2.57 bits per heavy atom. The third-order valence-corrected chi connectivity index (χ3v) is 5.40. The van der Waals surface area contributed by atoms with Gasteiger partial charge in [0.25, 0.3) is 0 Å². The van der Waals surface area contributed by atoms with Gasteiger partial charge in [0.15, 0.2) is 0 Å². The van der Waals surface area contributed by atoms with Crippen molar-refractivity contribution in [1.29, 1.82) is 0 Å². The molecule has 0 aromatic carbocycles. The van der Waals surface area contributed by atoms with E-state index in [2.05, 4.69) is 26.1 Å². The highest BCUT2D eigenvalue weighted by Gasteiger charge is 2.45. The van der Waals surface area contributed by atoms with E-state index in [-0.39, 0.29) is 5.60 Å². The van der Waals surface area contributed by atoms with E-state index >= 15 is 0 Å². The average Bonchev–Trinajstić information content (AvgIpc) is 2.52. The van der Waals surface area contributed by atoms with Crippen LogP contribution in [0.5, 0.6) is 0 Å². The summed E-state index contributed by atoms with van der Waals surface area (Å²) < 4.78 is 12.2. The molecule has 2 rings (SSSR count). The summed E-state index contributed by atoms with van der Waals surface area (Å²) in [5.74, 6) is 1.47. The van der Waals surface area contributed by atoms with Crippen molar-refractivity contribution in [3.05, 3.63) is 0 Å². The zero-order valence-electron chi connectivity index (χ0n) is 14.3. The molecule has 3 heteroatoms. The van der Waals surface area contributed by atoms with Crippen molar-refractivity contribution < 1.29 is 9.47 Å².